The second kappa shape index (κ2) is 9.66. The van der Waals surface area contributed by atoms with Gasteiger partial charge in [-0.3, -0.25) is 4.79 Å². The third-order valence-electron chi connectivity index (χ3n) is 6.10. The van der Waals surface area contributed by atoms with Gasteiger partial charge in [-0.1, -0.05) is 12.0 Å². The smallest absolute Gasteiger partial charge is 0.374 e. The molecule has 1 amide bonds. The van der Waals surface area contributed by atoms with E-state index in [1.807, 2.05) is 13.0 Å². The molecule has 2 atom stereocenters. The summed E-state index contributed by atoms with van der Waals surface area (Å²) in [6.07, 6.45) is 6.72. The van der Waals surface area contributed by atoms with Gasteiger partial charge in [-0.2, -0.15) is 0 Å². The summed E-state index contributed by atoms with van der Waals surface area (Å²) >= 11 is 0. The zero-order valence-electron chi connectivity index (χ0n) is 18.2. The van der Waals surface area contributed by atoms with Crippen LogP contribution in [0.1, 0.15) is 56.0 Å². The van der Waals surface area contributed by atoms with Gasteiger partial charge in [-0.25, -0.2) is 4.79 Å². The van der Waals surface area contributed by atoms with E-state index in [0.717, 1.165) is 31.2 Å². The van der Waals surface area contributed by atoms with E-state index in [2.05, 4.69) is 10.6 Å². The van der Waals surface area contributed by atoms with Crippen molar-refractivity contribution in [3.8, 4) is 0 Å². The molecule has 0 bridgehead atoms. The van der Waals surface area contributed by atoms with Crippen LogP contribution in [0.5, 0.6) is 0 Å². The minimum Gasteiger partial charge on any atom is -0.457 e. The molecule has 31 heavy (non-hydrogen) atoms. The maximum atomic E-state index is 13.0. The normalized spacial score (nSPS) is 20.1. The molecule has 7 heteroatoms. The number of furan rings is 1. The van der Waals surface area contributed by atoms with Gasteiger partial charge >= 0.3 is 5.97 Å². The van der Waals surface area contributed by atoms with Gasteiger partial charge in [0.1, 0.15) is 18.2 Å². The van der Waals surface area contributed by atoms with E-state index in [1.165, 1.54) is 30.4 Å². The first kappa shape index (κ1) is 21.6. The standard InChI is InChI=1S/C24H30N2O5/c1-15(29-2)14-30-24(28)21-13-17-12-18(8-9-20(17)31-21)26-23(27)22-19(10-11-25-22)16-6-4-3-5-7-16/h8-9,12-13,15,22,25H,3-7,10-11,14H2,1-2H3,(H,26,27)/t15-,22-/m0/s1. The Hall–Kier alpha value is -2.64. The molecule has 1 saturated heterocycles. The zero-order valence-corrected chi connectivity index (χ0v) is 18.2. The van der Waals surface area contributed by atoms with Crippen LogP contribution in [0.3, 0.4) is 0 Å². The Morgan fingerprint density at radius 1 is 1.19 bits per heavy atom. The summed E-state index contributed by atoms with van der Waals surface area (Å²) < 4.78 is 15.9. The van der Waals surface area contributed by atoms with Crippen molar-refractivity contribution in [2.45, 2.75) is 57.6 Å². The van der Waals surface area contributed by atoms with E-state index in [0.29, 0.717) is 11.3 Å². The molecule has 0 spiro atoms. The minimum absolute atomic E-state index is 0.0402. The summed E-state index contributed by atoms with van der Waals surface area (Å²) in [5, 5.41) is 7.10. The van der Waals surface area contributed by atoms with Crippen LogP contribution in [0.4, 0.5) is 5.69 Å². The van der Waals surface area contributed by atoms with Gasteiger partial charge in [0.15, 0.2) is 0 Å². The van der Waals surface area contributed by atoms with Crippen LogP contribution < -0.4 is 10.6 Å². The Labute approximate surface area is 182 Å². The number of allylic oxidation sites excluding steroid dienone is 1. The topological polar surface area (TPSA) is 89.8 Å². The van der Waals surface area contributed by atoms with Gasteiger partial charge in [-0.15, -0.1) is 0 Å². The summed E-state index contributed by atoms with van der Waals surface area (Å²) in [5.41, 5.74) is 3.98. The molecule has 0 radical (unpaired) electrons. The van der Waals surface area contributed by atoms with Crippen molar-refractivity contribution in [3.05, 3.63) is 41.2 Å². The van der Waals surface area contributed by atoms with Crippen molar-refractivity contribution < 1.29 is 23.5 Å². The van der Waals surface area contributed by atoms with Crippen molar-refractivity contribution >= 4 is 28.5 Å². The van der Waals surface area contributed by atoms with E-state index in [1.54, 1.807) is 25.3 Å². The van der Waals surface area contributed by atoms with Crippen molar-refractivity contribution in [2.75, 3.05) is 25.6 Å². The molecule has 2 aliphatic rings. The third-order valence-corrected chi connectivity index (χ3v) is 6.10. The van der Waals surface area contributed by atoms with Gasteiger partial charge in [0.25, 0.3) is 0 Å². The fourth-order valence-electron chi connectivity index (χ4n) is 4.32. The van der Waals surface area contributed by atoms with Crippen LogP contribution in [0, 0.1) is 0 Å². The molecule has 2 aromatic rings. The molecule has 2 N–H and O–H groups in total. The molecule has 1 saturated carbocycles. The van der Waals surface area contributed by atoms with Crippen LogP contribution in [0.2, 0.25) is 0 Å². The molecule has 1 aromatic heterocycles. The van der Waals surface area contributed by atoms with Crippen LogP contribution in [0.15, 0.2) is 39.8 Å². The lowest BCUT2D eigenvalue weighted by molar-refractivity contribution is -0.117. The van der Waals surface area contributed by atoms with Gasteiger partial charge < -0.3 is 24.5 Å². The second-order valence-electron chi connectivity index (χ2n) is 8.32. The lowest BCUT2D eigenvalue weighted by Crippen LogP contribution is -2.37. The predicted octanol–water partition coefficient (Wildman–Crippen LogP) is 4.19. The number of nitrogens with one attached hydrogen (secondary N) is 2. The molecule has 166 valence electrons. The largest absolute Gasteiger partial charge is 0.457 e. The maximum Gasteiger partial charge on any atom is 0.374 e. The molecule has 2 heterocycles. The monoisotopic (exact) mass is 426 g/mol. The van der Waals surface area contributed by atoms with E-state index in [-0.39, 0.29) is 30.4 Å². The van der Waals surface area contributed by atoms with E-state index in [9.17, 15) is 9.59 Å². The summed E-state index contributed by atoms with van der Waals surface area (Å²) in [6, 6.07) is 6.72. The van der Waals surface area contributed by atoms with Crippen LogP contribution >= 0.6 is 0 Å². The maximum absolute atomic E-state index is 13.0. The number of amides is 1. The zero-order chi connectivity index (χ0) is 21.8. The number of hydrogen-bond acceptors (Lipinski definition) is 6. The molecule has 1 aliphatic heterocycles. The molecule has 7 nitrogen and oxygen atoms in total. The van der Waals surface area contributed by atoms with Crippen LogP contribution in [0.25, 0.3) is 11.0 Å². The molecule has 0 unspecified atom stereocenters. The molecule has 1 aromatic carbocycles. The number of ether oxygens (including phenoxy) is 2. The first-order valence-corrected chi connectivity index (χ1v) is 11.0. The summed E-state index contributed by atoms with van der Waals surface area (Å²) in [7, 11) is 1.56. The summed E-state index contributed by atoms with van der Waals surface area (Å²) in [6.45, 7) is 2.81. The predicted molar refractivity (Wildman–Crippen MR) is 118 cm³/mol. The Morgan fingerprint density at radius 2 is 2.00 bits per heavy atom. The quantitative estimate of drug-likeness (QED) is 0.532. The highest BCUT2D eigenvalue weighted by molar-refractivity contribution is 5.99. The number of benzene rings is 1. The first-order chi connectivity index (χ1) is 15.0. The number of esters is 1. The van der Waals surface area contributed by atoms with E-state index >= 15 is 0 Å². The Bertz CT molecular complexity index is 985. The molecular weight excluding hydrogens is 396 g/mol. The average molecular weight is 427 g/mol. The Balaban J connectivity index is 1.45. The minimum atomic E-state index is -0.537. The average Bonchev–Trinajstić information content (AvgIpc) is 3.45. The van der Waals surface area contributed by atoms with Crippen molar-refractivity contribution in [2.24, 2.45) is 0 Å². The molecule has 1 aliphatic carbocycles. The van der Waals surface area contributed by atoms with Gasteiger partial charge in [-0.05, 0) is 75.4 Å². The van der Waals surface area contributed by atoms with Crippen molar-refractivity contribution in [1.29, 1.82) is 0 Å². The fraction of sp³-hybridized carbons (Fsp3) is 0.500. The number of carbonyl (C=O) groups is 2. The lowest BCUT2D eigenvalue weighted by atomic mass is 9.88. The summed E-state index contributed by atoms with van der Waals surface area (Å²) in [4.78, 5) is 25.2. The Kier molecular flexibility index (Phi) is 6.73. The van der Waals surface area contributed by atoms with Crippen molar-refractivity contribution in [1.82, 2.24) is 5.32 Å². The van der Waals surface area contributed by atoms with E-state index < -0.39 is 5.97 Å². The van der Waals surface area contributed by atoms with Crippen LogP contribution in [-0.4, -0.2) is 44.3 Å². The van der Waals surface area contributed by atoms with Crippen molar-refractivity contribution in [3.63, 3.8) is 0 Å². The highest BCUT2D eigenvalue weighted by Crippen LogP contribution is 2.31. The number of rotatable bonds is 6. The number of methoxy groups -OCH3 is 1. The molecule has 4 rings (SSSR count). The number of fused-ring (bicyclic) bond motifs is 1. The highest BCUT2D eigenvalue weighted by atomic mass is 16.6. The summed E-state index contributed by atoms with van der Waals surface area (Å²) in [5.74, 6) is -0.449. The fourth-order valence-corrected chi connectivity index (χ4v) is 4.32. The van der Waals surface area contributed by atoms with Gasteiger partial charge in [0.05, 0.1) is 6.10 Å². The second-order valence-corrected chi connectivity index (χ2v) is 8.32. The number of carbonyl (C=O) groups excluding carboxylic acids is 2. The highest BCUT2D eigenvalue weighted by Gasteiger charge is 2.30. The van der Waals surface area contributed by atoms with E-state index in [4.69, 9.17) is 13.9 Å². The number of anilines is 1. The van der Waals surface area contributed by atoms with Crippen LogP contribution in [-0.2, 0) is 14.3 Å². The molecule has 2 fully saturated rings. The lowest BCUT2D eigenvalue weighted by Gasteiger charge is -2.20. The van der Waals surface area contributed by atoms with Gasteiger partial charge in [0.2, 0.25) is 11.7 Å². The number of hydrogen-bond donors (Lipinski definition) is 2. The SMILES string of the molecule is CO[C@@H](C)COC(=O)c1cc2cc(NC(=O)[C@H]3NCCC3=C3CCCCC3)ccc2o1. The third kappa shape index (κ3) is 4.99. The Morgan fingerprint density at radius 3 is 2.77 bits per heavy atom. The first-order valence-electron chi connectivity index (χ1n) is 11.0. The molecular formula is C24H30N2O5. The van der Waals surface area contributed by atoms with Gasteiger partial charge in [0, 0.05) is 18.2 Å².